The molecule has 2 heteroatoms. The minimum Gasteiger partial charge on any atom is -0.303 e. The van der Waals surface area contributed by atoms with Crippen molar-refractivity contribution in [3.05, 3.63) is 21.9 Å². The van der Waals surface area contributed by atoms with Crippen LogP contribution in [0.1, 0.15) is 23.3 Å². The fraction of sp³-hybridized carbons (Fsp3) is 0.444. The molecule has 0 unspecified atom stereocenters. The maximum Gasteiger partial charge on any atom is 0.120 e. The molecule has 0 aliphatic rings. The van der Waals surface area contributed by atoms with Crippen molar-refractivity contribution in [1.82, 2.24) is 0 Å². The van der Waals surface area contributed by atoms with Crippen molar-refractivity contribution in [3.8, 4) is 0 Å². The zero-order chi connectivity index (χ0) is 8.10. The van der Waals surface area contributed by atoms with Crippen molar-refractivity contribution in [3.63, 3.8) is 0 Å². The SMILES string of the molecule is Cc1ccsc1CCCC=O. The van der Waals surface area contributed by atoms with E-state index in [1.807, 2.05) is 0 Å². The lowest BCUT2D eigenvalue weighted by Crippen LogP contribution is -1.84. The average Bonchev–Trinajstić information content (AvgIpc) is 2.37. The number of aldehydes is 1. The van der Waals surface area contributed by atoms with Crippen LogP contribution < -0.4 is 0 Å². The van der Waals surface area contributed by atoms with Crippen molar-refractivity contribution in [2.45, 2.75) is 26.2 Å². The molecule has 1 rings (SSSR count). The van der Waals surface area contributed by atoms with Gasteiger partial charge in [0.2, 0.25) is 0 Å². The van der Waals surface area contributed by atoms with Gasteiger partial charge in [-0.2, -0.15) is 0 Å². The summed E-state index contributed by atoms with van der Waals surface area (Å²) in [7, 11) is 0. The third kappa shape index (κ3) is 2.46. The van der Waals surface area contributed by atoms with Crippen LogP contribution in [-0.2, 0) is 11.2 Å². The minimum absolute atomic E-state index is 0.692. The first-order valence-corrected chi connectivity index (χ1v) is 4.69. The van der Waals surface area contributed by atoms with Crippen LogP contribution in [0.3, 0.4) is 0 Å². The lowest BCUT2D eigenvalue weighted by Gasteiger charge is -1.94. The Bertz CT molecular complexity index is 227. The van der Waals surface area contributed by atoms with E-state index in [9.17, 15) is 4.79 Å². The quantitative estimate of drug-likeness (QED) is 0.499. The van der Waals surface area contributed by atoms with Gasteiger partial charge in [0, 0.05) is 11.3 Å². The van der Waals surface area contributed by atoms with E-state index in [2.05, 4.69) is 18.4 Å². The van der Waals surface area contributed by atoms with Crippen molar-refractivity contribution in [2.75, 3.05) is 0 Å². The highest BCUT2D eigenvalue weighted by molar-refractivity contribution is 7.10. The van der Waals surface area contributed by atoms with E-state index in [0.717, 1.165) is 19.1 Å². The van der Waals surface area contributed by atoms with E-state index in [1.54, 1.807) is 11.3 Å². The second-order valence-corrected chi connectivity index (χ2v) is 3.59. The van der Waals surface area contributed by atoms with Crippen LogP contribution in [0.15, 0.2) is 11.4 Å². The van der Waals surface area contributed by atoms with E-state index in [1.165, 1.54) is 10.4 Å². The summed E-state index contributed by atoms with van der Waals surface area (Å²) in [6, 6.07) is 2.13. The predicted molar refractivity (Wildman–Crippen MR) is 48.1 cm³/mol. The number of thiophene rings is 1. The van der Waals surface area contributed by atoms with Crippen LogP contribution in [-0.4, -0.2) is 6.29 Å². The van der Waals surface area contributed by atoms with Crippen molar-refractivity contribution < 1.29 is 4.79 Å². The second-order valence-electron chi connectivity index (χ2n) is 2.59. The zero-order valence-electron chi connectivity index (χ0n) is 6.67. The van der Waals surface area contributed by atoms with Gasteiger partial charge in [0.15, 0.2) is 0 Å². The fourth-order valence-electron chi connectivity index (χ4n) is 1.01. The standard InChI is InChI=1S/C9H12OS/c1-8-5-7-11-9(8)4-2-3-6-10/h5-7H,2-4H2,1H3. The number of rotatable bonds is 4. The number of hydrogen-bond donors (Lipinski definition) is 0. The molecule has 60 valence electrons. The van der Waals surface area contributed by atoms with Gasteiger partial charge in [0.1, 0.15) is 6.29 Å². The van der Waals surface area contributed by atoms with Gasteiger partial charge in [0.05, 0.1) is 0 Å². The molecule has 0 aliphatic carbocycles. The molecule has 0 atom stereocenters. The Morgan fingerprint density at radius 3 is 3.00 bits per heavy atom. The Labute approximate surface area is 71.1 Å². The molecular formula is C9H12OS. The summed E-state index contributed by atoms with van der Waals surface area (Å²) in [5.41, 5.74) is 1.36. The van der Waals surface area contributed by atoms with E-state index >= 15 is 0 Å². The van der Waals surface area contributed by atoms with E-state index in [0.29, 0.717) is 6.42 Å². The summed E-state index contributed by atoms with van der Waals surface area (Å²) in [6.07, 6.45) is 3.73. The first-order chi connectivity index (χ1) is 5.34. The highest BCUT2D eigenvalue weighted by Gasteiger charge is 1.97. The molecule has 11 heavy (non-hydrogen) atoms. The van der Waals surface area contributed by atoms with Gasteiger partial charge in [0.25, 0.3) is 0 Å². The second kappa shape index (κ2) is 4.29. The van der Waals surface area contributed by atoms with Gasteiger partial charge in [-0.05, 0) is 36.8 Å². The Morgan fingerprint density at radius 2 is 2.45 bits per heavy atom. The first-order valence-electron chi connectivity index (χ1n) is 3.81. The van der Waals surface area contributed by atoms with Crippen LogP contribution in [0.5, 0.6) is 0 Å². The number of hydrogen-bond acceptors (Lipinski definition) is 2. The molecule has 0 aromatic carbocycles. The highest BCUT2D eigenvalue weighted by Crippen LogP contribution is 2.17. The maximum atomic E-state index is 10.0. The molecule has 0 saturated heterocycles. The Kier molecular flexibility index (Phi) is 3.30. The lowest BCUT2D eigenvalue weighted by molar-refractivity contribution is -0.107. The molecule has 0 radical (unpaired) electrons. The number of carbonyl (C=O) groups is 1. The van der Waals surface area contributed by atoms with E-state index in [-0.39, 0.29) is 0 Å². The van der Waals surface area contributed by atoms with Crippen LogP contribution >= 0.6 is 11.3 Å². The largest absolute Gasteiger partial charge is 0.303 e. The normalized spacial score (nSPS) is 9.91. The summed E-state index contributed by atoms with van der Waals surface area (Å²) in [6.45, 7) is 2.12. The molecule has 0 amide bonds. The summed E-state index contributed by atoms with van der Waals surface area (Å²) < 4.78 is 0. The van der Waals surface area contributed by atoms with Crippen molar-refractivity contribution in [2.24, 2.45) is 0 Å². The molecule has 0 aliphatic heterocycles. The van der Waals surface area contributed by atoms with Gasteiger partial charge in [-0.25, -0.2) is 0 Å². The lowest BCUT2D eigenvalue weighted by atomic mass is 10.2. The first kappa shape index (κ1) is 8.47. The van der Waals surface area contributed by atoms with Crippen molar-refractivity contribution >= 4 is 17.6 Å². The smallest absolute Gasteiger partial charge is 0.120 e. The summed E-state index contributed by atoms with van der Waals surface area (Å²) in [5.74, 6) is 0. The van der Waals surface area contributed by atoms with Gasteiger partial charge in [-0.3, -0.25) is 0 Å². The monoisotopic (exact) mass is 168 g/mol. The number of aryl methyl sites for hydroxylation is 2. The highest BCUT2D eigenvalue weighted by atomic mass is 32.1. The molecule has 1 heterocycles. The molecule has 0 saturated carbocycles. The average molecular weight is 168 g/mol. The van der Waals surface area contributed by atoms with Crippen LogP contribution in [0, 0.1) is 6.92 Å². The van der Waals surface area contributed by atoms with Crippen LogP contribution in [0.25, 0.3) is 0 Å². The topological polar surface area (TPSA) is 17.1 Å². The van der Waals surface area contributed by atoms with Gasteiger partial charge in [-0.1, -0.05) is 0 Å². The van der Waals surface area contributed by atoms with Crippen LogP contribution in [0.4, 0.5) is 0 Å². The van der Waals surface area contributed by atoms with Crippen LogP contribution in [0.2, 0.25) is 0 Å². The summed E-state index contributed by atoms with van der Waals surface area (Å²) >= 11 is 1.78. The zero-order valence-corrected chi connectivity index (χ0v) is 7.49. The minimum atomic E-state index is 0.692. The van der Waals surface area contributed by atoms with E-state index in [4.69, 9.17) is 0 Å². The Morgan fingerprint density at radius 1 is 1.64 bits per heavy atom. The van der Waals surface area contributed by atoms with Gasteiger partial charge >= 0.3 is 0 Å². The molecule has 0 bridgehead atoms. The molecule has 1 aromatic rings. The van der Waals surface area contributed by atoms with Gasteiger partial charge < -0.3 is 4.79 Å². The fourth-order valence-corrected chi connectivity index (χ4v) is 1.96. The van der Waals surface area contributed by atoms with Crippen molar-refractivity contribution in [1.29, 1.82) is 0 Å². The summed E-state index contributed by atoms with van der Waals surface area (Å²) in [4.78, 5) is 11.4. The number of carbonyl (C=O) groups excluding carboxylic acids is 1. The molecule has 1 nitrogen and oxygen atoms in total. The predicted octanol–water partition coefficient (Wildman–Crippen LogP) is 2.58. The summed E-state index contributed by atoms with van der Waals surface area (Å²) in [5, 5.41) is 2.10. The van der Waals surface area contributed by atoms with Gasteiger partial charge in [-0.15, -0.1) is 11.3 Å². The molecule has 1 aromatic heterocycles. The molecular weight excluding hydrogens is 156 g/mol. The Balaban J connectivity index is 2.38. The molecule has 0 N–H and O–H groups in total. The molecule has 0 fully saturated rings. The third-order valence-corrected chi connectivity index (χ3v) is 2.78. The van der Waals surface area contributed by atoms with E-state index < -0.39 is 0 Å². The third-order valence-electron chi connectivity index (χ3n) is 1.69. The number of unbranched alkanes of at least 4 members (excludes halogenated alkanes) is 1. The Hall–Kier alpha value is -0.630. The maximum absolute atomic E-state index is 10.0. The molecule has 0 spiro atoms.